The number of nitrogens with zero attached hydrogens (tertiary/aromatic N) is 1. The molecule has 0 spiro atoms. The average Bonchev–Trinajstić information content (AvgIpc) is 2.75. The van der Waals surface area contributed by atoms with Gasteiger partial charge in [0, 0.05) is 29.9 Å². The Morgan fingerprint density at radius 1 is 1.24 bits per heavy atom. The maximum Gasteiger partial charge on any atom is 0.235 e. The Balaban J connectivity index is 1.89. The molecule has 1 aromatic carbocycles. The molecule has 2 unspecified atom stereocenters. The number of nitrogens with two attached hydrogens (primary N) is 1. The number of ketones is 4. The molecule has 10 nitrogen and oxygen atoms in total. The lowest BCUT2D eigenvalue weighted by Crippen LogP contribution is -2.72. The summed E-state index contributed by atoms with van der Waals surface area (Å²) in [5.74, 6) is -13.3. The minimum Gasteiger partial charge on any atom is -0.507 e. The van der Waals surface area contributed by atoms with Gasteiger partial charge in [0.05, 0.1) is 23.7 Å². The molecular weight excluding hydrogens is 432 g/mol. The highest BCUT2D eigenvalue weighted by Gasteiger charge is 2.69. The van der Waals surface area contributed by atoms with Gasteiger partial charge in [0.2, 0.25) is 5.91 Å². The third kappa shape index (κ3) is 2.83. The topological polar surface area (TPSA) is 196 Å². The van der Waals surface area contributed by atoms with Crippen molar-refractivity contribution in [2.24, 2.45) is 29.4 Å². The molecule has 2 fully saturated rings. The number of fused-ring (bicyclic) bond motifs is 3. The van der Waals surface area contributed by atoms with Crippen molar-refractivity contribution in [2.45, 2.75) is 31.0 Å². The number of hydrogen-bond donors (Lipinski definition) is 4. The molecule has 7 atom stereocenters. The van der Waals surface area contributed by atoms with Crippen molar-refractivity contribution < 1.29 is 39.3 Å². The molecular formula is C23H20N2O8. The molecule has 4 rings (SSSR count). The second-order valence-electron chi connectivity index (χ2n) is 8.74. The predicted octanol–water partition coefficient (Wildman–Crippen LogP) is -0.605. The van der Waals surface area contributed by atoms with Gasteiger partial charge in [-0.3, -0.25) is 24.0 Å². The van der Waals surface area contributed by atoms with Crippen LogP contribution in [-0.4, -0.2) is 56.1 Å². The monoisotopic (exact) mass is 452 g/mol. The first-order valence-electron chi connectivity index (χ1n) is 10.3. The first-order chi connectivity index (χ1) is 15.5. The second-order valence-corrected chi connectivity index (χ2v) is 8.74. The van der Waals surface area contributed by atoms with Crippen molar-refractivity contribution in [1.29, 1.82) is 5.26 Å². The summed E-state index contributed by atoms with van der Waals surface area (Å²) in [6.07, 6.45) is 0.120. The number of carbonyl (C=O) groups is 5. The molecule has 33 heavy (non-hydrogen) atoms. The Morgan fingerprint density at radius 3 is 2.52 bits per heavy atom. The minimum absolute atomic E-state index is 0.142. The maximum absolute atomic E-state index is 13.5. The van der Waals surface area contributed by atoms with Crippen molar-refractivity contribution in [3.63, 3.8) is 0 Å². The minimum atomic E-state index is -2.95. The first-order valence-corrected chi connectivity index (χ1v) is 10.3. The molecule has 0 saturated heterocycles. The lowest BCUT2D eigenvalue weighted by atomic mass is 9.50. The molecule has 0 radical (unpaired) electrons. The van der Waals surface area contributed by atoms with Crippen LogP contribution in [0.15, 0.2) is 18.2 Å². The summed E-state index contributed by atoms with van der Waals surface area (Å²) >= 11 is 0. The summed E-state index contributed by atoms with van der Waals surface area (Å²) < 4.78 is 0. The number of carbonyl (C=O) groups excluding carboxylic acids is 5. The van der Waals surface area contributed by atoms with Crippen molar-refractivity contribution in [2.75, 3.05) is 0 Å². The van der Waals surface area contributed by atoms with Gasteiger partial charge in [-0.05, 0) is 17.6 Å². The lowest BCUT2D eigenvalue weighted by Gasteiger charge is -2.52. The Bertz CT molecular complexity index is 1210. The summed E-state index contributed by atoms with van der Waals surface area (Å²) in [7, 11) is 0. The molecule has 0 heterocycles. The number of primary amides is 1. The summed E-state index contributed by atoms with van der Waals surface area (Å²) in [5.41, 5.74) is 2.46. The van der Waals surface area contributed by atoms with E-state index in [1.165, 1.54) is 18.2 Å². The number of phenolic OH excluding ortho intramolecular Hbond substituents is 1. The molecule has 3 aliphatic carbocycles. The van der Waals surface area contributed by atoms with Crippen molar-refractivity contribution in [3.8, 4) is 11.8 Å². The largest absolute Gasteiger partial charge is 0.507 e. The molecule has 0 aliphatic heterocycles. The van der Waals surface area contributed by atoms with Gasteiger partial charge in [-0.1, -0.05) is 19.1 Å². The van der Waals surface area contributed by atoms with Crippen LogP contribution < -0.4 is 5.73 Å². The zero-order valence-corrected chi connectivity index (χ0v) is 17.4. The van der Waals surface area contributed by atoms with Gasteiger partial charge in [-0.2, -0.15) is 5.26 Å². The SMILES string of the molecule is C[C@H]1c2ccc(C=CC#N)c(O)c2C(=O)C2C(=O)[C@]3(O)C(=O)C(C(N)=O)C(=O)C[C@@H]3[C@@H](O)[C@@H]21. The molecule has 3 aliphatic rings. The number of aliphatic hydroxyl groups excluding tert-OH is 1. The van der Waals surface area contributed by atoms with Gasteiger partial charge in [0.25, 0.3) is 0 Å². The van der Waals surface area contributed by atoms with E-state index < -0.39 is 82.5 Å². The van der Waals surface area contributed by atoms with Crippen LogP contribution in [-0.2, 0) is 19.2 Å². The van der Waals surface area contributed by atoms with Gasteiger partial charge < -0.3 is 21.1 Å². The number of nitriles is 1. The Labute approximate surface area is 187 Å². The predicted molar refractivity (Wildman–Crippen MR) is 109 cm³/mol. The maximum atomic E-state index is 13.5. The van der Waals surface area contributed by atoms with Crippen LogP contribution >= 0.6 is 0 Å². The Kier molecular flexibility index (Phi) is 5.07. The zero-order chi connectivity index (χ0) is 24.4. The van der Waals surface area contributed by atoms with Crippen LogP contribution in [0.1, 0.15) is 40.7 Å². The molecule has 10 heteroatoms. The standard InChI is InChI=1S/C23H20N2O8/c1-8-10-5-4-9(3-2-6-24)17(27)14(10)19(29)16-13(8)18(28)11-7-12(26)15(22(25)32)20(30)23(11,33)21(16)31/h2-5,8,11,13,15-16,18,27-28,33H,7H2,1H3,(H2,25,32)/t8-,11+,13+,15?,16?,18+,23+/m0/s1. The first kappa shape index (κ1) is 22.5. The van der Waals surface area contributed by atoms with Crippen LogP contribution in [0, 0.1) is 35.0 Å². The van der Waals surface area contributed by atoms with Crippen LogP contribution in [0.4, 0.5) is 0 Å². The number of phenols is 1. The van der Waals surface area contributed by atoms with Crippen molar-refractivity contribution >= 4 is 35.1 Å². The lowest BCUT2D eigenvalue weighted by molar-refractivity contribution is -0.189. The van der Waals surface area contributed by atoms with E-state index in [0.717, 1.165) is 6.08 Å². The van der Waals surface area contributed by atoms with Crippen LogP contribution in [0.3, 0.4) is 0 Å². The van der Waals surface area contributed by atoms with E-state index in [2.05, 4.69) is 0 Å². The van der Waals surface area contributed by atoms with Gasteiger partial charge >= 0.3 is 0 Å². The number of Topliss-reactive ketones (excluding diaryl/α,β-unsaturated/α-hetero) is 4. The Hall–Kier alpha value is -3.68. The van der Waals surface area contributed by atoms with Crippen LogP contribution in [0.25, 0.3) is 6.08 Å². The summed E-state index contributed by atoms with van der Waals surface area (Å²) in [5, 5.41) is 41.7. The molecule has 2 saturated carbocycles. The molecule has 0 aromatic heterocycles. The van der Waals surface area contributed by atoms with E-state index in [0.29, 0.717) is 5.56 Å². The van der Waals surface area contributed by atoms with Crippen LogP contribution in [0.5, 0.6) is 5.75 Å². The van der Waals surface area contributed by atoms with E-state index in [-0.39, 0.29) is 11.1 Å². The number of rotatable bonds is 2. The highest BCUT2D eigenvalue weighted by molar-refractivity contribution is 6.31. The van der Waals surface area contributed by atoms with Crippen molar-refractivity contribution in [1.82, 2.24) is 0 Å². The summed E-state index contributed by atoms with van der Waals surface area (Å²) in [6, 6.07) is 4.77. The molecule has 0 bridgehead atoms. The van der Waals surface area contributed by atoms with Crippen molar-refractivity contribution in [3.05, 3.63) is 34.9 Å². The molecule has 170 valence electrons. The highest BCUT2D eigenvalue weighted by atomic mass is 16.3. The fraction of sp³-hybridized carbons (Fsp3) is 0.391. The molecule has 5 N–H and O–H groups in total. The van der Waals surface area contributed by atoms with Crippen LogP contribution in [0.2, 0.25) is 0 Å². The number of hydrogen-bond acceptors (Lipinski definition) is 9. The van der Waals surface area contributed by atoms with E-state index in [4.69, 9.17) is 11.0 Å². The fourth-order valence-corrected chi connectivity index (χ4v) is 5.63. The quantitative estimate of drug-likeness (QED) is 0.334. The number of amides is 1. The Morgan fingerprint density at radius 2 is 1.91 bits per heavy atom. The highest BCUT2D eigenvalue weighted by Crippen LogP contribution is 2.54. The van der Waals surface area contributed by atoms with E-state index >= 15 is 0 Å². The van der Waals surface area contributed by atoms with E-state index in [1.54, 1.807) is 13.0 Å². The average molecular weight is 452 g/mol. The van der Waals surface area contributed by atoms with E-state index in [1.807, 2.05) is 0 Å². The second kappa shape index (κ2) is 7.43. The fourth-order valence-electron chi connectivity index (χ4n) is 5.63. The summed E-state index contributed by atoms with van der Waals surface area (Å²) in [6.45, 7) is 1.62. The zero-order valence-electron chi connectivity index (χ0n) is 17.4. The third-order valence-electron chi connectivity index (χ3n) is 7.23. The van der Waals surface area contributed by atoms with Gasteiger partial charge in [0.1, 0.15) is 5.75 Å². The third-order valence-corrected chi connectivity index (χ3v) is 7.23. The van der Waals surface area contributed by atoms with E-state index in [9.17, 15) is 39.3 Å². The molecule has 1 aromatic rings. The number of aromatic hydroxyl groups is 1. The number of benzene rings is 1. The summed E-state index contributed by atoms with van der Waals surface area (Å²) in [4.78, 5) is 63.9. The van der Waals surface area contributed by atoms with Gasteiger partial charge in [-0.25, -0.2) is 0 Å². The van der Waals surface area contributed by atoms with Gasteiger partial charge in [-0.15, -0.1) is 0 Å². The number of aliphatic hydroxyl groups is 2. The smallest absolute Gasteiger partial charge is 0.235 e. The van der Waals surface area contributed by atoms with Gasteiger partial charge in [0.15, 0.2) is 34.7 Å². The molecule has 1 amide bonds. The normalized spacial score (nSPS) is 35.6. The number of allylic oxidation sites excluding steroid dienone is 1.